The van der Waals surface area contributed by atoms with Crippen molar-refractivity contribution < 1.29 is 5.11 Å². The van der Waals surface area contributed by atoms with Gasteiger partial charge in [-0.15, -0.1) is 0 Å². The Labute approximate surface area is 125 Å². The normalized spacial score (nSPS) is 10.3. The summed E-state index contributed by atoms with van der Waals surface area (Å²) in [4.78, 5) is 2.11. The van der Waals surface area contributed by atoms with Crippen molar-refractivity contribution in [2.24, 2.45) is 0 Å². The summed E-state index contributed by atoms with van der Waals surface area (Å²) in [5.74, 6) is 0. The van der Waals surface area contributed by atoms with E-state index in [0.717, 1.165) is 35.8 Å². The Morgan fingerprint density at radius 3 is 2.00 bits per heavy atom. The van der Waals surface area contributed by atoms with Crippen LogP contribution in [0.3, 0.4) is 0 Å². The molecular formula is C16H22N4O. The number of benzene rings is 2. The van der Waals surface area contributed by atoms with Gasteiger partial charge >= 0.3 is 0 Å². The van der Waals surface area contributed by atoms with Gasteiger partial charge in [-0.2, -0.15) is 0 Å². The topological polar surface area (TPSA) is 87.5 Å². The third-order valence-electron chi connectivity index (χ3n) is 3.25. The Bertz CT molecular complexity index is 539. The van der Waals surface area contributed by atoms with Gasteiger partial charge in [0.05, 0.1) is 6.61 Å². The van der Waals surface area contributed by atoms with Crippen LogP contribution in [-0.4, -0.2) is 31.3 Å². The minimum absolute atomic E-state index is 0.117. The van der Waals surface area contributed by atoms with Crippen LogP contribution in [0.15, 0.2) is 48.5 Å². The molecule has 0 spiro atoms. The highest BCUT2D eigenvalue weighted by Crippen LogP contribution is 2.16. The van der Waals surface area contributed by atoms with Crippen LogP contribution in [0.1, 0.15) is 0 Å². The lowest BCUT2D eigenvalue weighted by atomic mass is 10.2. The largest absolute Gasteiger partial charge is 0.399 e. The molecule has 0 aliphatic rings. The fraction of sp³-hybridized carbons (Fsp3) is 0.250. The van der Waals surface area contributed by atoms with E-state index in [1.54, 1.807) is 0 Å². The average Bonchev–Trinajstić information content (AvgIpc) is 2.49. The molecule has 0 atom stereocenters. The highest BCUT2D eigenvalue weighted by molar-refractivity contribution is 5.54. The van der Waals surface area contributed by atoms with Crippen molar-refractivity contribution in [2.75, 3.05) is 47.9 Å². The lowest BCUT2D eigenvalue weighted by molar-refractivity contribution is 0.302. The van der Waals surface area contributed by atoms with Gasteiger partial charge in [-0.25, -0.2) is 0 Å². The fourth-order valence-electron chi connectivity index (χ4n) is 2.11. The van der Waals surface area contributed by atoms with Crippen molar-refractivity contribution in [3.05, 3.63) is 48.5 Å². The summed E-state index contributed by atoms with van der Waals surface area (Å²) in [6.45, 7) is 2.27. The summed E-state index contributed by atoms with van der Waals surface area (Å²) in [7, 11) is 0. The zero-order valence-electron chi connectivity index (χ0n) is 12.0. The molecule has 2 aromatic carbocycles. The number of nitrogens with two attached hydrogens (primary N) is 2. The van der Waals surface area contributed by atoms with Gasteiger partial charge < -0.3 is 26.8 Å². The van der Waals surface area contributed by atoms with E-state index in [0.29, 0.717) is 6.54 Å². The first-order valence-electron chi connectivity index (χ1n) is 7.00. The molecule has 21 heavy (non-hydrogen) atoms. The Balaban J connectivity index is 1.90. The Hall–Kier alpha value is -2.40. The number of nitrogens with zero attached hydrogens (tertiary/aromatic N) is 1. The van der Waals surface area contributed by atoms with Gasteiger partial charge in [-0.1, -0.05) is 0 Å². The molecule has 5 nitrogen and oxygen atoms in total. The highest BCUT2D eigenvalue weighted by Gasteiger charge is 2.05. The minimum atomic E-state index is 0.117. The van der Waals surface area contributed by atoms with Gasteiger partial charge in [-0.05, 0) is 48.5 Å². The zero-order chi connectivity index (χ0) is 15.1. The van der Waals surface area contributed by atoms with Crippen molar-refractivity contribution in [2.45, 2.75) is 0 Å². The Morgan fingerprint density at radius 1 is 0.857 bits per heavy atom. The van der Waals surface area contributed by atoms with Crippen LogP contribution in [0.25, 0.3) is 0 Å². The van der Waals surface area contributed by atoms with E-state index in [1.807, 2.05) is 48.5 Å². The van der Waals surface area contributed by atoms with Gasteiger partial charge in [0.25, 0.3) is 0 Å². The predicted octanol–water partition coefficient (Wildman–Crippen LogP) is 1.76. The molecule has 0 unspecified atom stereocenters. The van der Waals surface area contributed by atoms with Crippen molar-refractivity contribution in [1.29, 1.82) is 0 Å². The van der Waals surface area contributed by atoms with E-state index in [2.05, 4.69) is 10.2 Å². The maximum absolute atomic E-state index is 9.20. The first-order chi connectivity index (χ1) is 10.2. The fourth-order valence-corrected chi connectivity index (χ4v) is 2.11. The molecule has 6 N–H and O–H groups in total. The number of rotatable bonds is 7. The van der Waals surface area contributed by atoms with Crippen LogP contribution in [0.5, 0.6) is 0 Å². The van der Waals surface area contributed by atoms with E-state index < -0.39 is 0 Å². The number of nitrogens with one attached hydrogen (secondary N) is 1. The lowest BCUT2D eigenvalue weighted by Gasteiger charge is -2.24. The number of hydrogen-bond acceptors (Lipinski definition) is 5. The number of aliphatic hydroxyl groups excluding tert-OH is 1. The van der Waals surface area contributed by atoms with E-state index in [-0.39, 0.29) is 6.61 Å². The standard InChI is InChI=1S/C16H22N4O/c17-13-1-5-15(6-2-13)19-9-10-20(11-12-21)16-7-3-14(18)4-8-16/h1-8,19,21H,9-12,17-18H2. The smallest absolute Gasteiger partial charge is 0.0606 e. The average molecular weight is 286 g/mol. The van der Waals surface area contributed by atoms with Crippen molar-refractivity contribution >= 4 is 22.7 Å². The van der Waals surface area contributed by atoms with Crippen LogP contribution >= 0.6 is 0 Å². The minimum Gasteiger partial charge on any atom is -0.399 e. The molecule has 0 radical (unpaired) electrons. The van der Waals surface area contributed by atoms with Gasteiger partial charge in [0, 0.05) is 42.4 Å². The van der Waals surface area contributed by atoms with Crippen LogP contribution in [0.2, 0.25) is 0 Å². The second-order valence-corrected chi connectivity index (χ2v) is 4.85. The van der Waals surface area contributed by atoms with Gasteiger partial charge in [0.1, 0.15) is 0 Å². The molecule has 112 valence electrons. The van der Waals surface area contributed by atoms with Gasteiger partial charge in [0.15, 0.2) is 0 Å². The van der Waals surface area contributed by atoms with Crippen LogP contribution < -0.4 is 21.7 Å². The van der Waals surface area contributed by atoms with Crippen LogP contribution in [0.4, 0.5) is 22.7 Å². The molecule has 0 heterocycles. The highest BCUT2D eigenvalue weighted by atomic mass is 16.3. The third-order valence-corrected chi connectivity index (χ3v) is 3.25. The van der Waals surface area contributed by atoms with Crippen LogP contribution in [0, 0.1) is 0 Å². The van der Waals surface area contributed by atoms with Crippen molar-refractivity contribution in [1.82, 2.24) is 0 Å². The molecule has 0 aliphatic heterocycles. The van der Waals surface area contributed by atoms with Crippen molar-refractivity contribution in [3.63, 3.8) is 0 Å². The van der Waals surface area contributed by atoms with E-state index >= 15 is 0 Å². The van der Waals surface area contributed by atoms with Gasteiger partial charge in [-0.3, -0.25) is 0 Å². The monoisotopic (exact) mass is 286 g/mol. The molecule has 0 aromatic heterocycles. The maximum Gasteiger partial charge on any atom is 0.0606 e. The molecule has 0 saturated carbocycles. The summed E-state index contributed by atoms with van der Waals surface area (Å²) in [5, 5.41) is 12.5. The third kappa shape index (κ3) is 4.57. The van der Waals surface area contributed by atoms with Crippen molar-refractivity contribution in [3.8, 4) is 0 Å². The quantitative estimate of drug-likeness (QED) is 0.583. The van der Waals surface area contributed by atoms with E-state index in [4.69, 9.17) is 11.5 Å². The summed E-state index contributed by atoms with van der Waals surface area (Å²) in [6, 6.07) is 15.3. The maximum atomic E-state index is 9.20. The second-order valence-electron chi connectivity index (χ2n) is 4.85. The summed E-state index contributed by atoms with van der Waals surface area (Å²) in [6.07, 6.45) is 0. The number of nitrogen functional groups attached to an aromatic ring is 2. The first kappa shape index (κ1) is 15.0. The molecule has 0 amide bonds. The molecule has 0 saturated heterocycles. The lowest BCUT2D eigenvalue weighted by Crippen LogP contribution is -2.31. The molecule has 2 rings (SSSR count). The molecule has 0 bridgehead atoms. The van der Waals surface area contributed by atoms with E-state index in [9.17, 15) is 5.11 Å². The molecule has 0 fully saturated rings. The first-order valence-corrected chi connectivity index (χ1v) is 7.00. The summed E-state index contributed by atoms with van der Waals surface area (Å²) < 4.78 is 0. The number of anilines is 4. The SMILES string of the molecule is Nc1ccc(NCCN(CCO)c2ccc(N)cc2)cc1. The van der Waals surface area contributed by atoms with Gasteiger partial charge in [0.2, 0.25) is 0 Å². The Kier molecular flexibility index (Phi) is 5.29. The van der Waals surface area contributed by atoms with Crippen LogP contribution in [-0.2, 0) is 0 Å². The zero-order valence-corrected chi connectivity index (χ0v) is 12.0. The molecule has 0 aliphatic carbocycles. The molecule has 5 heteroatoms. The second kappa shape index (κ2) is 7.40. The molecular weight excluding hydrogens is 264 g/mol. The molecule has 2 aromatic rings. The number of hydrogen-bond donors (Lipinski definition) is 4. The predicted molar refractivity (Wildman–Crippen MR) is 89.5 cm³/mol. The summed E-state index contributed by atoms with van der Waals surface area (Å²) in [5.41, 5.74) is 14.9. The Morgan fingerprint density at radius 2 is 1.43 bits per heavy atom. The summed E-state index contributed by atoms with van der Waals surface area (Å²) >= 11 is 0. The van der Waals surface area contributed by atoms with E-state index in [1.165, 1.54) is 0 Å². The number of aliphatic hydroxyl groups is 1.